The monoisotopic (exact) mass is 344 g/mol. The Hall–Kier alpha value is -2.90. The molecule has 1 amide bonds. The van der Waals surface area contributed by atoms with Crippen LogP contribution in [0.3, 0.4) is 0 Å². The highest BCUT2D eigenvalue weighted by molar-refractivity contribution is 6.05. The van der Waals surface area contributed by atoms with Crippen molar-refractivity contribution >= 4 is 17.3 Å². The number of rotatable bonds is 6. The highest BCUT2D eigenvalue weighted by atomic mass is 16.6. The minimum atomic E-state index is -0.524. The number of carbonyl (C=O) groups excluding carboxylic acids is 1. The fourth-order valence-corrected chi connectivity index (χ4v) is 2.83. The van der Waals surface area contributed by atoms with E-state index in [4.69, 9.17) is 4.74 Å². The Morgan fingerprint density at radius 2 is 2.20 bits per heavy atom. The number of nitro benzene ring substituents is 1. The fraction of sp³-hybridized carbons (Fsp3) is 0.412. The van der Waals surface area contributed by atoms with Gasteiger partial charge in [-0.15, -0.1) is 0 Å². The number of nitrogens with one attached hydrogen (secondary N) is 1. The second kappa shape index (κ2) is 6.54. The van der Waals surface area contributed by atoms with E-state index in [0.29, 0.717) is 29.0 Å². The first kappa shape index (κ1) is 16.9. The number of amides is 1. The predicted octanol–water partition coefficient (Wildman–Crippen LogP) is 3.33. The SMILES string of the molecule is COc1cc(C(=O)Nc2cnn([C@H](C)C3CC3)c2)cc([N+](=O)[O-])c1C. The highest BCUT2D eigenvalue weighted by Gasteiger charge is 2.29. The maximum Gasteiger partial charge on any atom is 0.276 e. The van der Waals surface area contributed by atoms with E-state index in [-0.39, 0.29) is 11.3 Å². The van der Waals surface area contributed by atoms with Crippen molar-refractivity contribution in [3.63, 3.8) is 0 Å². The van der Waals surface area contributed by atoms with Gasteiger partial charge in [-0.2, -0.15) is 5.10 Å². The molecule has 1 aliphatic rings. The van der Waals surface area contributed by atoms with Crippen LogP contribution in [0.2, 0.25) is 0 Å². The predicted molar refractivity (Wildman–Crippen MR) is 92.0 cm³/mol. The van der Waals surface area contributed by atoms with Crippen molar-refractivity contribution in [3.05, 3.63) is 45.8 Å². The Balaban J connectivity index is 1.81. The van der Waals surface area contributed by atoms with E-state index in [9.17, 15) is 14.9 Å². The molecule has 1 heterocycles. The van der Waals surface area contributed by atoms with Crippen LogP contribution in [-0.4, -0.2) is 27.7 Å². The zero-order valence-corrected chi connectivity index (χ0v) is 14.4. The number of nitro groups is 1. The van der Waals surface area contributed by atoms with Crippen LogP contribution in [0.25, 0.3) is 0 Å². The van der Waals surface area contributed by atoms with Gasteiger partial charge in [0.2, 0.25) is 0 Å². The number of hydrogen-bond donors (Lipinski definition) is 1. The number of hydrogen-bond acceptors (Lipinski definition) is 5. The van der Waals surface area contributed by atoms with Crippen molar-refractivity contribution in [1.29, 1.82) is 0 Å². The number of anilines is 1. The molecule has 2 aromatic rings. The Labute approximate surface area is 144 Å². The van der Waals surface area contributed by atoms with Crippen molar-refractivity contribution in [3.8, 4) is 5.75 Å². The summed E-state index contributed by atoms with van der Waals surface area (Å²) in [6.45, 7) is 3.69. The Bertz CT molecular complexity index is 826. The Morgan fingerprint density at radius 3 is 2.80 bits per heavy atom. The molecule has 0 unspecified atom stereocenters. The van der Waals surface area contributed by atoms with E-state index in [1.54, 1.807) is 19.3 Å². The van der Waals surface area contributed by atoms with Crippen molar-refractivity contribution in [2.24, 2.45) is 5.92 Å². The lowest BCUT2D eigenvalue weighted by atomic mass is 10.1. The molecule has 1 aromatic carbocycles. The number of aromatic nitrogens is 2. The van der Waals surface area contributed by atoms with E-state index < -0.39 is 10.8 Å². The van der Waals surface area contributed by atoms with E-state index in [2.05, 4.69) is 17.3 Å². The molecule has 1 saturated carbocycles. The highest BCUT2D eigenvalue weighted by Crippen LogP contribution is 2.39. The van der Waals surface area contributed by atoms with E-state index in [1.165, 1.54) is 32.1 Å². The van der Waals surface area contributed by atoms with Gasteiger partial charge in [0.25, 0.3) is 11.6 Å². The number of carbonyl (C=O) groups is 1. The van der Waals surface area contributed by atoms with Gasteiger partial charge in [0.05, 0.1) is 41.1 Å². The molecule has 132 valence electrons. The molecule has 1 aromatic heterocycles. The zero-order valence-electron chi connectivity index (χ0n) is 14.4. The first-order valence-corrected chi connectivity index (χ1v) is 8.09. The van der Waals surface area contributed by atoms with Gasteiger partial charge >= 0.3 is 0 Å². The molecular formula is C17H20N4O4. The molecule has 25 heavy (non-hydrogen) atoms. The Morgan fingerprint density at radius 1 is 1.48 bits per heavy atom. The average molecular weight is 344 g/mol. The standard InChI is InChI=1S/C17H20N4O4/c1-10-15(21(23)24)6-13(7-16(10)25-3)17(22)19-14-8-18-20(9-14)11(2)12-4-5-12/h6-9,11-12H,4-5H2,1-3H3,(H,19,22)/t11-/m1/s1. The number of ether oxygens (including phenoxy) is 1. The normalized spacial score (nSPS) is 14.8. The zero-order chi connectivity index (χ0) is 18.1. The molecule has 8 heteroatoms. The molecule has 0 radical (unpaired) electrons. The Kier molecular flexibility index (Phi) is 4.43. The van der Waals surface area contributed by atoms with Crippen molar-refractivity contribution in [1.82, 2.24) is 9.78 Å². The van der Waals surface area contributed by atoms with Crippen LogP contribution < -0.4 is 10.1 Å². The summed E-state index contributed by atoms with van der Waals surface area (Å²) < 4.78 is 6.98. The third-order valence-corrected chi connectivity index (χ3v) is 4.59. The second-order valence-corrected chi connectivity index (χ2v) is 6.32. The van der Waals surface area contributed by atoms with E-state index in [1.807, 2.05) is 4.68 Å². The maximum atomic E-state index is 12.5. The molecule has 1 atom stereocenters. The maximum absolute atomic E-state index is 12.5. The van der Waals surface area contributed by atoms with Gasteiger partial charge in [0, 0.05) is 12.3 Å². The molecule has 1 N–H and O–H groups in total. The van der Waals surface area contributed by atoms with Gasteiger partial charge in [-0.3, -0.25) is 19.6 Å². The molecular weight excluding hydrogens is 324 g/mol. The quantitative estimate of drug-likeness (QED) is 0.640. The van der Waals surface area contributed by atoms with Gasteiger partial charge in [0.15, 0.2) is 0 Å². The molecule has 0 aliphatic heterocycles. The number of methoxy groups -OCH3 is 1. The molecule has 0 bridgehead atoms. The fourth-order valence-electron chi connectivity index (χ4n) is 2.83. The van der Waals surface area contributed by atoms with E-state index in [0.717, 1.165) is 0 Å². The van der Waals surface area contributed by atoms with Gasteiger partial charge in [0.1, 0.15) is 5.75 Å². The lowest BCUT2D eigenvalue weighted by Gasteiger charge is -2.10. The summed E-state index contributed by atoms with van der Waals surface area (Å²) >= 11 is 0. The third kappa shape index (κ3) is 3.47. The summed E-state index contributed by atoms with van der Waals surface area (Å²) in [5.41, 5.74) is 0.953. The van der Waals surface area contributed by atoms with E-state index >= 15 is 0 Å². The molecule has 0 saturated heterocycles. The molecule has 1 fully saturated rings. The van der Waals surface area contributed by atoms with Crippen LogP contribution >= 0.6 is 0 Å². The summed E-state index contributed by atoms with van der Waals surface area (Å²) in [5, 5.41) is 18.2. The van der Waals surface area contributed by atoms with Crippen LogP contribution in [0.5, 0.6) is 5.75 Å². The molecule has 8 nitrogen and oxygen atoms in total. The number of nitrogens with zero attached hydrogens (tertiary/aromatic N) is 3. The summed E-state index contributed by atoms with van der Waals surface area (Å²) in [6, 6.07) is 3.05. The lowest BCUT2D eigenvalue weighted by Crippen LogP contribution is -2.13. The van der Waals surface area contributed by atoms with Crippen molar-refractivity contribution in [2.45, 2.75) is 32.7 Å². The summed E-state index contributed by atoms with van der Waals surface area (Å²) in [5.74, 6) is 0.505. The smallest absolute Gasteiger partial charge is 0.276 e. The van der Waals surface area contributed by atoms with Crippen LogP contribution in [-0.2, 0) is 0 Å². The third-order valence-electron chi connectivity index (χ3n) is 4.59. The number of benzene rings is 1. The van der Waals surface area contributed by atoms with Crippen molar-refractivity contribution in [2.75, 3.05) is 12.4 Å². The van der Waals surface area contributed by atoms with Crippen LogP contribution in [0, 0.1) is 23.0 Å². The first-order valence-electron chi connectivity index (χ1n) is 8.09. The second-order valence-electron chi connectivity index (χ2n) is 6.32. The van der Waals surface area contributed by atoms with Gasteiger partial charge < -0.3 is 10.1 Å². The summed E-state index contributed by atoms with van der Waals surface area (Å²) in [6.07, 6.45) is 5.77. The van der Waals surface area contributed by atoms with Crippen LogP contribution in [0.4, 0.5) is 11.4 Å². The van der Waals surface area contributed by atoms with Gasteiger partial charge in [-0.25, -0.2) is 0 Å². The molecule has 0 spiro atoms. The van der Waals surface area contributed by atoms with Gasteiger partial charge in [-0.05, 0) is 38.7 Å². The molecule has 3 rings (SSSR count). The minimum Gasteiger partial charge on any atom is -0.496 e. The van der Waals surface area contributed by atoms with Crippen LogP contribution in [0.15, 0.2) is 24.5 Å². The summed E-state index contributed by atoms with van der Waals surface area (Å²) in [7, 11) is 1.41. The minimum absolute atomic E-state index is 0.150. The topological polar surface area (TPSA) is 99.3 Å². The van der Waals surface area contributed by atoms with Crippen LogP contribution in [0.1, 0.15) is 41.7 Å². The van der Waals surface area contributed by atoms with Crippen molar-refractivity contribution < 1.29 is 14.5 Å². The average Bonchev–Trinajstić information content (AvgIpc) is 3.33. The first-order chi connectivity index (χ1) is 11.9. The van der Waals surface area contributed by atoms with Gasteiger partial charge in [-0.1, -0.05) is 0 Å². The lowest BCUT2D eigenvalue weighted by molar-refractivity contribution is -0.385. The largest absolute Gasteiger partial charge is 0.496 e. The summed E-state index contributed by atoms with van der Waals surface area (Å²) in [4.78, 5) is 23.1. The molecule has 1 aliphatic carbocycles.